The van der Waals surface area contributed by atoms with E-state index in [9.17, 15) is 4.79 Å². The molecule has 0 saturated heterocycles. The van der Waals surface area contributed by atoms with E-state index < -0.39 is 0 Å². The molecule has 1 aliphatic rings. The minimum Gasteiger partial charge on any atom is -0.338 e. The second-order valence-corrected chi connectivity index (χ2v) is 4.57. The maximum Gasteiger partial charge on any atom is 0.315 e. The molecule has 0 fully saturated rings. The van der Waals surface area contributed by atoms with Gasteiger partial charge in [-0.1, -0.05) is 12.2 Å². The number of hydrogen-bond donors (Lipinski definition) is 2. The molecule has 0 saturated carbocycles. The van der Waals surface area contributed by atoms with Crippen molar-refractivity contribution in [1.29, 1.82) is 0 Å². The number of urea groups is 1. The number of amides is 2. The predicted molar refractivity (Wildman–Crippen MR) is 71.0 cm³/mol. The van der Waals surface area contributed by atoms with Crippen LogP contribution in [0.4, 0.5) is 4.79 Å². The van der Waals surface area contributed by atoms with Crippen LogP contribution < -0.4 is 10.6 Å². The molecule has 0 radical (unpaired) electrons. The summed E-state index contributed by atoms with van der Waals surface area (Å²) in [6, 6.07) is 3.69. The van der Waals surface area contributed by atoms with E-state index in [1.54, 1.807) is 12.4 Å². The molecule has 0 bridgehead atoms. The third-order valence-electron chi connectivity index (χ3n) is 3.13. The maximum absolute atomic E-state index is 11.6. The zero-order chi connectivity index (χ0) is 12.6. The second kappa shape index (κ2) is 6.79. The van der Waals surface area contributed by atoms with E-state index in [4.69, 9.17) is 0 Å². The van der Waals surface area contributed by atoms with E-state index in [0.29, 0.717) is 12.5 Å². The SMILES string of the molecule is O=C(NCc1ccncc1)NC[C@H]1CC=CCC1. The minimum absolute atomic E-state index is 0.0960. The van der Waals surface area contributed by atoms with Gasteiger partial charge >= 0.3 is 6.03 Å². The second-order valence-electron chi connectivity index (χ2n) is 4.57. The number of nitrogens with zero attached hydrogens (tertiary/aromatic N) is 1. The molecule has 1 atom stereocenters. The fourth-order valence-corrected chi connectivity index (χ4v) is 2.02. The Balaban J connectivity index is 1.64. The van der Waals surface area contributed by atoms with Crippen molar-refractivity contribution in [2.45, 2.75) is 25.8 Å². The van der Waals surface area contributed by atoms with Gasteiger partial charge in [0.25, 0.3) is 0 Å². The van der Waals surface area contributed by atoms with Crippen molar-refractivity contribution in [3.05, 3.63) is 42.2 Å². The van der Waals surface area contributed by atoms with Crippen LogP contribution in [-0.2, 0) is 6.54 Å². The molecule has 4 heteroatoms. The number of pyridine rings is 1. The fourth-order valence-electron chi connectivity index (χ4n) is 2.02. The number of allylic oxidation sites excluding steroid dienone is 2. The van der Waals surface area contributed by atoms with Gasteiger partial charge in [0.05, 0.1) is 0 Å². The van der Waals surface area contributed by atoms with Gasteiger partial charge < -0.3 is 10.6 Å². The summed E-state index contributed by atoms with van der Waals surface area (Å²) in [5, 5.41) is 5.77. The Hall–Kier alpha value is -1.84. The molecule has 96 valence electrons. The minimum atomic E-state index is -0.0960. The quantitative estimate of drug-likeness (QED) is 0.799. The van der Waals surface area contributed by atoms with Crippen LogP contribution >= 0.6 is 0 Å². The van der Waals surface area contributed by atoms with Crippen molar-refractivity contribution in [2.24, 2.45) is 5.92 Å². The van der Waals surface area contributed by atoms with Gasteiger partial charge in [0.1, 0.15) is 0 Å². The number of carbonyl (C=O) groups is 1. The van der Waals surface area contributed by atoms with Crippen molar-refractivity contribution in [3.8, 4) is 0 Å². The summed E-state index contributed by atoms with van der Waals surface area (Å²) in [7, 11) is 0. The molecular weight excluding hydrogens is 226 g/mol. The molecule has 2 rings (SSSR count). The lowest BCUT2D eigenvalue weighted by Gasteiger charge is -2.18. The first kappa shape index (κ1) is 12.6. The van der Waals surface area contributed by atoms with Crippen LogP contribution in [0.3, 0.4) is 0 Å². The molecule has 18 heavy (non-hydrogen) atoms. The number of hydrogen-bond acceptors (Lipinski definition) is 2. The summed E-state index contributed by atoms with van der Waals surface area (Å²) in [6.07, 6.45) is 11.2. The number of carbonyl (C=O) groups excluding carboxylic acids is 1. The Kier molecular flexibility index (Phi) is 4.76. The van der Waals surface area contributed by atoms with Gasteiger partial charge in [0.2, 0.25) is 0 Å². The van der Waals surface area contributed by atoms with E-state index in [-0.39, 0.29) is 6.03 Å². The highest BCUT2D eigenvalue weighted by molar-refractivity contribution is 5.73. The van der Waals surface area contributed by atoms with Gasteiger partial charge in [-0.15, -0.1) is 0 Å². The molecule has 2 amide bonds. The lowest BCUT2D eigenvalue weighted by Crippen LogP contribution is -2.38. The molecule has 0 aromatic carbocycles. The average molecular weight is 245 g/mol. The molecule has 1 heterocycles. The molecule has 2 N–H and O–H groups in total. The maximum atomic E-state index is 11.6. The van der Waals surface area contributed by atoms with Gasteiger partial charge in [-0.3, -0.25) is 4.98 Å². The topological polar surface area (TPSA) is 54.0 Å². The van der Waals surface area contributed by atoms with Gasteiger partial charge in [0.15, 0.2) is 0 Å². The van der Waals surface area contributed by atoms with Crippen molar-refractivity contribution in [1.82, 2.24) is 15.6 Å². The first-order valence-corrected chi connectivity index (χ1v) is 6.40. The highest BCUT2D eigenvalue weighted by Gasteiger charge is 2.10. The largest absolute Gasteiger partial charge is 0.338 e. The van der Waals surface area contributed by atoms with Gasteiger partial charge in [-0.25, -0.2) is 4.79 Å². The first-order valence-electron chi connectivity index (χ1n) is 6.40. The third kappa shape index (κ3) is 4.20. The lowest BCUT2D eigenvalue weighted by molar-refractivity contribution is 0.238. The Bertz CT molecular complexity index is 403. The number of aromatic nitrogens is 1. The normalized spacial score (nSPS) is 18.3. The monoisotopic (exact) mass is 245 g/mol. The van der Waals surface area contributed by atoms with E-state index in [0.717, 1.165) is 24.9 Å². The summed E-state index contributed by atoms with van der Waals surface area (Å²) >= 11 is 0. The molecule has 4 nitrogen and oxygen atoms in total. The predicted octanol–water partition coefficient (Wildman–Crippen LogP) is 2.24. The van der Waals surface area contributed by atoms with Gasteiger partial charge in [-0.2, -0.15) is 0 Å². The van der Waals surface area contributed by atoms with E-state index >= 15 is 0 Å². The van der Waals surface area contributed by atoms with E-state index in [2.05, 4.69) is 27.8 Å². The lowest BCUT2D eigenvalue weighted by atomic mass is 9.94. The van der Waals surface area contributed by atoms with E-state index in [1.807, 2.05) is 12.1 Å². The fraction of sp³-hybridized carbons (Fsp3) is 0.429. The van der Waals surface area contributed by atoms with Crippen LogP contribution in [0, 0.1) is 5.92 Å². The summed E-state index contributed by atoms with van der Waals surface area (Å²) in [6.45, 7) is 1.30. The molecule has 1 aromatic heterocycles. The van der Waals surface area contributed by atoms with Crippen LogP contribution in [0.15, 0.2) is 36.7 Å². The van der Waals surface area contributed by atoms with Crippen molar-refractivity contribution < 1.29 is 4.79 Å². The standard InChI is InChI=1S/C14H19N3O/c18-14(16-10-12-4-2-1-3-5-12)17-11-13-6-8-15-9-7-13/h1-2,6-9,12H,3-5,10-11H2,(H2,16,17,18)/t12-/m0/s1. The molecule has 0 spiro atoms. The Morgan fingerprint density at radius 2 is 2.11 bits per heavy atom. The molecule has 1 aliphatic carbocycles. The highest BCUT2D eigenvalue weighted by atomic mass is 16.2. The molecule has 0 unspecified atom stereocenters. The zero-order valence-corrected chi connectivity index (χ0v) is 10.4. The number of nitrogens with one attached hydrogen (secondary N) is 2. The summed E-state index contributed by atoms with van der Waals surface area (Å²) in [5.41, 5.74) is 1.06. The number of rotatable bonds is 4. The van der Waals surface area contributed by atoms with Crippen molar-refractivity contribution in [2.75, 3.05) is 6.54 Å². The van der Waals surface area contributed by atoms with Crippen molar-refractivity contribution >= 4 is 6.03 Å². The van der Waals surface area contributed by atoms with Crippen LogP contribution in [0.1, 0.15) is 24.8 Å². The molecular formula is C14H19N3O. The van der Waals surface area contributed by atoms with E-state index in [1.165, 1.54) is 6.42 Å². The van der Waals surface area contributed by atoms with Crippen LogP contribution in [0.5, 0.6) is 0 Å². The summed E-state index contributed by atoms with van der Waals surface area (Å²) < 4.78 is 0. The van der Waals surface area contributed by atoms with Gasteiger partial charge in [-0.05, 0) is 42.9 Å². The van der Waals surface area contributed by atoms with Gasteiger partial charge in [0, 0.05) is 25.5 Å². The average Bonchev–Trinajstić information content (AvgIpc) is 2.45. The smallest absolute Gasteiger partial charge is 0.315 e. The highest BCUT2D eigenvalue weighted by Crippen LogP contribution is 2.16. The first-order chi connectivity index (χ1) is 8.84. The Morgan fingerprint density at radius 1 is 1.28 bits per heavy atom. The molecule has 0 aliphatic heterocycles. The summed E-state index contributed by atoms with van der Waals surface area (Å²) in [5.74, 6) is 0.585. The zero-order valence-electron chi connectivity index (χ0n) is 10.4. The summed E-state index contributed by atoms with van der Waals surface area (Å²) in [4.78, 5) is 15.5. The Morgan fingerprint density at radius 3 is 2.83 bits per heavy atom. The van der Waals surface area contributed by atoms with Crippen LogP contribution in [0.2, 0.25) is 0 Å². The van der Waals surface area contributed by atoms with Crippen molar-refractivity contribution in [3.63, 3.8) is 0 Å². The third-order valence-corrected chi connectivity index (χ3v) is 3.13. The van der Waals surface area contributed by atoms with Crippen LogP contribution in [-0.4, -0.2) is 17.6 Å². The molecule has 1 aromatic rings. The Labute approximate surface area is 108 Å². The van der Waals surface area contributed by atoms with Crippen LogP contribution in [0.25, 0.3) is 0 Å².